The zero-order valence-corrected chi connectivity index (χ0v) is 12.1. The van der Waals surface area contributed by atoms with Gasteiger partial charge in [-0.25, -0.2) is 0 Å². The predicted molar refractivity (Wildman–Crippen MR) is 74.8 cm³/mol. The molecule has 19 heavy (non-hydrogen) atoms. The molecular weight excluding hydrogens is 240 g/mol. The average molecular weight is 264 g/mol. The molecule has 5 heteroatoms. The number of aryl methyl sites for hydroxylation is 2. The van der Waals surface area contributed by atoms with Crippen molar-refractivity contribution in [3.63, 3.8) is 0 Å². The molecule has 0 spiro atoms. The lowest BCUT2D eigenvalue weighted by molar-refractivity contribution is 0.0547. The van der Waals surface area contributed by atoms with Crippen LogP contribution < -0.4 is 5.73 Å². The highest BCUT2D eigenvalue weighted by Crippen LogP contribution is 2.26. The molecule has 1 aliphatic rings. The first-order valence-corrected chi connectivity index (χ1v) is 7.08. The molecule has 2 atom stereocenters. The van der Waals surface area contributed by atoms with Crippen LogP contribution in [0.2, 0.25) is 0 Å². The maximum atomic E-state index is 12.6. The van der Waals surface area contributed by atoms with Gasteiger partial charge >= 0.3 is 0 Å². The van der Waals surface area contributed by atoms with Gasteiger partial charge in [0.05, 0.1) is 5.69 Å². The fourth-order valence-corrected chi connectivity index (χ4v) is 2.95. The monoisotopic (exact) mass is 264 g/mol. The van der Waals surface area contributed by atoms with Gasteiger partial charge in [0.15, 0.2) is 0 Å². The smallest absolute Gasteiger partial charge is 0.272 e. The second-order valence-electron chi connectivity index (χ2n) is 5.48. The predicted octanol–water partition coefficient (Wildman–Crippen LogP) is 1.32. The van der Waals surface area contributed by atoms with Gasteiger partial charge in [0, 0.05) is 26.2 Å². The third-order valence-corrected chi connectivity index (χ3v) is 4.16. The lowest BCUT2D eigenvalue weighted by Gasteiger charge is -2.38. The van der Waals surface area contributed by atoms with Gasteiger partial charge in [0.25, 0.3) is 5.91 Å². The molecule has 1 saturated heterocycles. The number of carbonyl (C=O) groups excluding carboxylic acids is 1. The SMILES string of the molecule is CCC1CCN(C(=O)c2cc(C)nn2C)C(CN)C1. The molecule has 0 bridgehead atoms. The van der Waals surface area contributed by atoms with Crippen LogP contribution >= 0.6 is 0 Å². The van der Waals surface area contributed by atoms with Crippen LogP contribution in [0.4, 0.5) is 0 Å². The quantitative estimate of drug-likeness (QED) is 0.895. The summed E-state index contributed by atoms with van der Waals surface area (Å²) in [5.74, 6) is 0.763. The van der Waals surface area contributed by atoms with Crippen molar-refractivity contribution >= 4 is 5.91 Å². The minimum absolute atomic E-state index is 0.0631. The van der Waals surface area contributed by atoms with Gasteiger partial charge in [-0.1, -0.05) is 13.3 Å². The molecule has 106 valence electrons. The summed E-state index contributed by atoms with van der Waals surface area (Å²) in [6.45, 7) is 5.46. The van der Waals surface area contributed by atoms with Crippen molar-refractivity contribution in [2.75, 3.05) is 13.1 Å². The van der Waals surface area contributed by atoms with E-state index in [1.165, 1.54) is 6.42 Å². The zero-order chi connectivity index (χ0) is 14.0. The standard InChI is InChI=1S/C14H24N4O/c1-4-11-5-6-18(12(8-11)9-15)14(19)13-7-10(2)16-17(13)3/h7,11-12H,4-6,8-9,15H2,1-3H3. The molecule has 2 heterocycles. The van der Waals surface area contributed by atoms with E-state index in [-0.39, 0.29) is 11.9 Å². The molecular formula is C14H24N4O. The minimum Gasteiger partial charge on any atom is -0.333 e. The number of aromatic nitrogens is 2. The van der Waals surface area contributed by atoms with E-state index in [0.29, 0.717) is 18.2 Å². The zero-order valence-electron chi connectivity index (χ0n) is 12.1. The lowest BCUT2D eigenvalue weighted by atomic mass is 9.88. The van der Waals surface area contributed by atoms with E-state index in [0.717, 1.165) is 25.1 Å². The van der Waals surface area contributed by atoms with E-state index in [9.17, 15) is 4.79 Å². The summed E-state index contributed by atoms with van der Waals surface area (Å²) in [6, 6.07) is 2.02. The third kappa shape index (κ3) is 2.81. The Morgan fingerprint density at radius 2 is 2.32 bits per heavy atom. The Morgan fingerprint density at radius 1 is 1.58 bits per heavy atom. The molecule has 1 aromatic heterocycles. The molecule has 2 unspecified atom stereocenters. The topological polar surface area (TPSA) is 64.2 Å². The number of likely N-dealkylation sites (tertiary alicyclic amines) is 1. The summed E-state index contributed by atoms with van der Waals surface area (Å²) in [6.07, 6.45) is 3.27. The molecule has 5 nitrogen and oxygen atoms in total. The first kappa shape index (κ1) is 14.1. The number of nitrogens with zero attached hydrogens (tertiary/aromatic N) is 3. The third-order valence-electron chi connectivity index (χ3n) is 4.16. The van der Waals surface area contributed by atoms with Gasteiger partial charge in [-0.3, -0.25) is 9.48 Å². The number of nitrogens with two attached hydrogens (primary N) is 1. The van der Waals surface area contributed by atoms with Crippen LogP contribution in [0.5, 0.6) is 0 Å². The van der Waals surface area contributed by atoms with Crippen LogP contribution in [0, 0.1) is 12.8 Å². The van der Waals surface area contributed by atoms with Crippen molar-refractivity contribution in [3.8, 4) is 0 Å². The van der Waals surface area contributed by atoms with Crippen molar-refractivity contribution in [2.24, 2.45) is 18.7 Å². The van der Waals surface area contributed by atoms with E-state index in [1.807, 2.05) is 24.9 Å². The second kappa shape index (κ2) is 5.74. The lowest BCUT2D eigenvalue weighted by Crippen LogP contribution is -2.49. The van der Waals surface area contributed by atoms with Crippen LogP contribution in [0.3, 0.4) is 0 Å². The Labute approximate surface area is 114 Å². The Balaban J connectivity index is 2.16. The normalized spacial score (nSPS) is 23.7. The second-order valence-corrected chi connectivity index (χ2v) is 5.48. The Kier molecular flexibility index (Phi) is 4.24. The summed E-state index contributed by atoms with van der Waals surface area (Å²) < 4.78 is 1.66. The molecule has 1 aromatic rings. The maximum absolute atomic E-state index is 12.6. The van der Waals surface area contributed by atoms with Gasteiger partial charge in [0.2, 0.25) is 0 Å². The van der Waals surface area contributed by atoms with Crippen molar-refractivity contribution in [1.82, 2.24) is 14.7 Å². The Hall–Kier alpha value is -1.36. The number of carbonyl (C=O) groups is 1. The first-order chi connectivity index (χ1) is 9.06. The van der Waals surface area contributed by atoms with Crippen LogP contribution in [-0.2, 0) is 7.05 Å². The molecule has 1 amide bonds. The molecule has 0 radical (unpaired) electrons. The molecule has 2 N–H and O–H groups in total. The molecule has 0 aliphatic carbocycles. The van der Waals surface area contributed by atoms with Crippen molar-refractivity contribution < 1.29 is 4.79 Å². The number of hydrogen-bond acceptors (Lipinski definition) is 3. The highest BCUT2D eigenvalue weighted by Gasteiger charge is 2.31. The largest absolute Gasteiger partial charge is 0.333 e. The molecule has 0 saturated carbocycles. The van der Waals surface area contributed by atoms with Crippen LogP contribution in [0.1, 0.15) is 42.4 Å². The van der Waals surface area contributed by atoms with Gasteiger partial charge in [-0.05, 0) is 31.7 Å². The molecule has 0 aromatic carbocycles. The Morgan fingerprint density at radius 3 is 2.84 bits per heavy atom. The van der Waals surface area contributed by atoms with Crippen LogP contribution in [0.15, 0.2) is 6.07 Å². The van der Waals surface area contributed by atoms with E-state index in [4.69, 9.17) is 5.73 Å². The molecule has 1 fully saturated rings. The van der Waals surface area contributed by atoms with Crippen molar-refractivity contribution in [1.29, 1.82) is 0 Å². The fourth-order valence-electron chi connectivity index (χ4n) is 2.95. The molecule has 2 rings (SSSR count). The number of amides is 1. The fraction of sp³-hybridized carbons (Fsp3) is 0.714. The van der Waals surface area contributed by atoms with Gasteiger partial charge in [0.1, 0.15) is 5.69 Å². The van der Waals surface area contributed by atoms with E-state index >= 15 is 0 Å². The highest BCUT2D eigenvalue weighted by molar-refractivity contribution is 5.93. The summed E-state index contributed by atoms with van der Waals surface area (Å²) in [5.41, 5.74) is 7.39. The molecule has 1 aliphatic heterocycles. The summed E-state index contributed by atoms with van der Waals surface area (Å²) in [7, 11) is 1.82. The van der Waals surface area contributed by atoms with Gasteiger partial charge in [-0.15, -0.1) is 0 Å². The highest BCUT2D eigenvalue weighted by atomic mass is 16.2. The maximum Gasteiger partial charge on any atom is 0.272 e. The number of rotatable bonds is 3. The Bertz CT molecular complexity index is 454. The van der Waals surface area contributed by atoms with Crippen LogP contribution in [0.25, 0.3) is 0 Å². The van der Waals surface area contributed by atoms with Crippen LogP contribution in [-0.4, -0.2) is 39.7 Å². The number of hydrogen-bond donors (Lipinski definition) is 1. The van der Waals surface area contributed by atoms with Crippen molar-refractivity contribution in [2.45, 2.75) is 39.2 Å². The van der Waals surface area contributed by atoms with Gasteiger partial charge in [-0.2, -0.15) is 5.10 Å². The van der Waals surface area contributed by atoms with E-state index in [1.54, 1.807) is 4.68 Å². The van der Waals surface area contributed by atoms with E-state index in [2.05, 4.69) is 12.0 Å². The van der Waals surface area contributed by atoms with E-state index < -0.39 is 0 Å². The summed E-state index contributed by atoms with van der Waals surface area (Å²) >= 11 is 0. The first-order valence-electron chi connectivity index (χ1n) is 7.08. The average Bonchev–Trinajstić information content (AvgIpc) is 2.76. The summed E-state index contributed by atoms with van der Waals surface area (Å²) in [5, 5.41) is 4.25. The minimum atomic E-state index is 0.0631. The number of piperidine rings is 1. The summed E-state index contributed by atoms with van der Waals surface area (Å²) in [4.78, 5) is 14.5. The van der Waals surface area contributed by atoms with Gasteiger partial charge < -0.3 is 10.6 Å². The van der Waals surface area contributed by atoms with Crippen molar-refractivity contribution in [3.05, 3.63) is 17.5 Å².